The Morgan fingerprint density at radius 2 is 2.14 bits per heavy atom. The maximum atomic E-state index is 13.2. The molecular weight excluding hydrogens is 386 g/mol. The van der Waals surface area contributed by atoms with Crippen molar-refractivity contribution in [3.05, 3.63) is 29.0 Å². The van der Waals surface area contributed by atoms with E-state index in [2.05, 4.69) is 4.90 Å². The van der Waals surface area contributed by atoms with E-state index in [9.17, 15) is 9.90 Å². The number of likely N-dealkylation sites (tertiary alicyclic amines) is 2. The summed E-state index contributed by atoms with van der Waals surface area (Å²) in [6.07, 6.45) is 4.32. The normalized spacial score (nSPS) is 25.1. The van der Waals surface area contributed by atoms with Gasteiger partial charge in [-0.1, -0.05) is 6.07 Å². The van der Waals surface area contributed by atoms with Crippen LogP contribution >= 0.6 is 11.3 Å². The Kier molecular flexibility index (Phi) is 5.00. The van der Waals surface area contributed by atoms with Crippen molar-refractivity contribution in [2.24, 2.45) is 11.3 Å². The van der Waals surface area contributed by atoms with Crippen molar-refractivity contribution in [2.45, 2.75) is 51.7 Å². The van der Waals surface area contributed by atoms with Crippen molar-refractivity contribution in [3.8, 4) is 10.8 Å². The Hall–Kier alpha value is -1.70. The summed E-state index contributed by atoms with van der Waals surface area (Å²) in [5.41, 5.74) is 0.610. The molecule has 0 aromatic carbocycles. The number of carbonyl (C=O) groups excluding carboxylic acids is 1. The molecule has 3 aliphatic rings. The van der Waals surface area contributed by atoms with Gasteiger partial charge in [0.05, 0.1) is 22.1 Å². The highest BCUT2D eigenvalue weighted by molar-refractivity contribution is 7.13. The first kappa shape index (κ1) is 19.3. The molecule has 0 bridgehead atoms. The SMILES string of the molecule is Cc1oc(-c2cccs2)nc1CN1CCC2(CC1)CC(O)CN(CC1CC1)C2=O. The van der Waals surface area contributed by atoms with Crippen molar-refractivity contribution in [1.82, 2.24) is 14.8 Å². The Bertz CT molecular complexity index is 864. The Morgan fingerprint density at radius 3 is 2.83 bits per heavy atom. The van der Waals surface area contributed by atoms with Gasteiger partial charge < -0.3 is 14.4 Å². The zero-order chi connectivity index (χ0) is 20.0. The van der Waals surface area contributed by atoms with E-state index in [4.69, 9.17) is 9.40 Å². The number of β-amino-alcohol motifs (C(OH)–C–C–N with tert-alkyl or cyclic N) is 1. The van der Waals surface area contributed by atoms with E-state index in [1.54, 1.807) is 11.3 Å². The molecule has 3 fully saturated rings. The second-order valence-corrected chi connectivity index (χ2v) is 10.0. The van der Waals surface area contributed by atoms with Crippen LogP contribution in [0.15, 0.2) is 21.9 Å². The lowest BCUT2D eigenvalue weighted by Gasteiger charge is -2.48. The van der Waals surface area contributed by atoms with Crippen LogP contribution in [0.25, 0.3) is 10.8 Å². The fraction of sp³-hybridized carbons (Fsp3) is 0.636. The third kappa shape index (κ3) is 3.88. The molecule has 156 valence electrons. The van der Waals surface area contributed by atoms with E-state index in [1.807, 2.05) is 29.3 Å². The van der Waals surface area contributed by atoms with Crippen molar-refractivity contribution in [2.75, 3.05) is 26.2 Å². The topological polar surface area (TPSA) is 69.8 Å². The summed E-state index contributed by atoms with van der Waals surface area (Å²) < 4.78 is 5.88. The average molecular weight is 416 g/mol. The smallest absolute Gasteiger partial charge is 0.236 e. The van der Waals surface area contributed by atoms with Gasteiger partial charge in [-0.2, -0.15) is 0 Å². The number of aryl methyl sites for hydroxylation is 1. The van der Waals surface area contributed by atoms with E-state index in [0.29, 0.717) is 24.8 Å². The molecule has 1 saturated carbocycles. The maximum Gasteiger partial charge on any atom is 0.236 e. The summed E-state index contributed by atoms with van der Waals surface area (Å²) >= 11 is 1.63. The second kappa shape index (κ2) is 7.52. The summed E-state index contributed by atoms with van der Waals surface area (Å²) in [5.74, 6) is 2.51. The number of aliphatic hydroxyl groups is 1. The highest BCUT2D eigenvalue weighted by atomic mass is 32.1. The lowest BCUT2D eigenvalue weighted by Crippen LogP contribution is -2.57. The molecule has 6 nitrogen and oxygen atoms in total. The summed E-state index contributed by atoms with van der Waals surface area (Å²) in [7, 11) is 0. The molecule has 4 heterocycles. The molecule has 2 aromatic heterocycles. The molecule has 1 amide bonds. The average Bonchev–Trinajstić information content (AvgIpc) is 3.20. The molecular formula is C22H29N3O3S. The first-order valence-electron chi connectivity index (χ1n) is 10.7. The van der Waals surface area contributed by atoms with Crippen molar-refractivity contribution >= 4 is 17.2 Å². The van der Waals surface area contributed by atoms with Crippen LogP contribution in [0.4, 0.5) is 0 Å². The van der Waals surface area contributed by atoms with Crippen LogP contribution in [0, 0.1) is 18.3 Å². The standard InChI is InChI=1S/C22H29N3O3S/c1-15-18(23-20(28-15)19-3-2-10-29-19)14-24-8-6-22(7-9-24)11-17(26)13-25(21(22)27)12-16-4-5-16/h2-3,10,16-17,26H,4-9,11-14H2,1H3. The molecule has 0 radical (unpaired) electrons. The molecule has 1 N–H and O–H groups in total. The number of oxazole rings is 1. The summed E-state index contributed by atoms with van der Waals surface area (Å²) in [6.45, 7) is 5.79. The van der Waals surface area contributed by atoms with E-state index in [1.165, 1.54) is 12.8 Å². The number of nitrogens with zero attached hydrogens (tertiary/aromatic N) is 3. The highest BCUT2D eigenvalue weighted by Crippen LogP contribution is 2.43. The van der Waals surface area contributed by atoms with Crippen LogP contribution in [-0.2, 0) is 11.3 Å². The van der Waals surface area contributed by atoms with E-state index in [0.717, 1.165) is 55.4 Å². The van der Waals surface area contributed by atoms with Gasteiger partial charge in [0.1, 0.15) is 5.76 Å². The molecule has 7 heteroatoms. The number of hydrogen-bond acceptors (Lipinski definition) is 6. The van der Waals surface area contributed by atoms with Crippen molar-refractivity contribution < 1.29 is 14.3 Å². The molecule has 2 aliphatic heterocycles. The van der Waals surface area contributed by atoms with Gasteiger partial charge in [0.15, 0.2) is 0 Å². The van der Waals surface area contributed by atoms with E-state index < -0.39 is 0 Å². The number of hydrogen-bond donors (Lipinski definition) is 1. The molecule has 29 heavy (non-hydrogen) atoms. The van der Waals surface area contributed by atoms with Gasteiger partial charge in [0.2, 0.25) is 11.8 Å². The quantitative estimate of drug-likeness (QED) is 0.811. The van der Waals surface area contributed by atoms with Gasteiger partial charge in [-0.3, -0.25) is 9.69 Å². The monoisotopic (exact) mass is 415 g/mol. The van der Waals surface area contributed by atoms with Gasteiger partial charge in [0, 0.05) is 19.6 Å². The largest absolute Gasteiger partial charge is 0.440 e. The Balaban J connectivity index is 1.24. The number of aliphatic hydroxyl groups excluding tert-OH is 1. The molecule has 1 atom stereocenters. The molecule has 1 unspecified atom stereocenters. The second-order valence-electron chi connectivity index (χ2n) is 9.07. The Labute approximate surface area is 175 Å². The minimum Gasteiger partial charge on any atom is -0.440 e. The van der Waals surface area contributed by atoms with Crippen molar-refractivity contribution in [3.63, 3.8) is 0 Å². The van der Waals surface area contributed by atoms with Crippen molar-refractivity contribution in [1.29, 1.82) is 0 Å². The van der Waals surface area contributed by atoms with Gasteiger partial charge >= 0.3 is 0 Å². The number of aromatic nitrogens is 1. The third-order valence-electron chi connectivity index (χ3n) is 6.79. The molecule has 1 spiro atoms. The lowest BCUT2D eigenvalue weighted by molar-refractivity contribution is -0.157. The summed E-state index contributed by atoms with van der Waals surface area (Å²) in [6, 6.07) is 4.03. The van der Waals surface area contributed by atoms with Crippen LogP contribution in [0.2, 0.25) is 0 Å². The fourth-order valence-corrected chi connectivity index (χ4v) is 5.54. The summed E-state index contributed by atoms with van der Waals surface area (Å²) in [4.78, 5) is 23.3. The van der Waals surface area contributed by atoms with Crippen LogP contribution < -0.4 is 0 Å². The predicted octanol–water partition coefficient (Wildman–Crippen LogP) is 3.30. The molecule has 2 aromatic rings. The lowest BCUT2D eigenvalue weighted by atomic mass is 9.70. The van der Waals surface area contributed by atoms with Crippen LogP contribution in [0.5, 0.6) is 0 Å². The van der Waals surface area contributed by atoms with E-state index >= 15 is 0 Å². The minimum absolute atomic E-state index is 0.284. The fourth-order valence-electron chi connectivity index (χ4n) is 4.89. The van der Waals surface area contributed by atoms with Gasteiger partial charge in [-0.15, -0.1) is 11.3 Å². The number of amides is 1. The van der Waals surface area contributed by atoms with Gasteiger partial charge in [-0.05, 0) is 69.5 Å². The minimum atomic E-state index is -0.385. The van der Waals surface area contributed by atoms with Gasteiger partial charge in [0.25, 0.3) is 0 Å². The zero-order valence-electron chi connectivity index (χ0n) is 17.0. The van der Waals surface area contributed by atoms with E-state index in [-0.39, 0.29) is 17.4 Å². The first-order valence-corrected chi connectivity index (χ1v) is 11.6. The molecule has 2 saturated heterocycles. The zero-order valence-corrected chi connectivity index (χ0v) is 17.8. The van der Waals surface area contributed by atoms with Gasteiger partial charge in [-0.25, -0.2) is 4.98 Å². The summed E-state index contributed by atoms with van der Waals surface area (Å²) in [5, 5.41) is 12.5. The number of carbonyl (C=O) groups is 1. The first-order chi connectivity index (χ1) is 14.0. The number of thiophene rings is 1. The van der Waals surface area contributed by atoms with Crippen LogP contribution in [-0.4, -0.2) is 58.1 Å². The van der Waals surface area contributed by atoms with Crippen LogP contribution in [0.1, 0.15) is 43.6 Å². The number of rotatable bonds is 5. The predicted molar refractivity (Wildman–Crippen MR) is 111 cm³/mol. The third-order valence-corrected chi connectivity index (χ3v) is 7.64. The molecule has 5 rings (SSSR count). The molecule has 1 aliphatic carbocycles. The maximum absolute atomic E-state index is 13.2. The number of piperidine rings is 2. The Morgan fingerprint density at radius 1 is 1.34 bits per heavy atom. The highest BCUT2D eigenvalue weighted by Gasteiger charge is 2.49. The van der Waals surface area contributed by atoms with Crippen LogP contribution in [0.3, 0.4) is 0 Å².